The Kier molecular flexibility index (Phi) is 8.64. The van der Waals surface area contributed by atoms with E-state index < -0.39 is 6.09 Å². The molecule has 2 amide bonds. The number of anilines is 2. The summed E-state index contributed by atoms with van der Waals surface area (Å²) in [5.41, 5.74) is 11.7. The van der Waals surface area contributed by atoms with E-state index in [1.54, 1.807) is 42.5 Å². The average Bonchev–Trinajstić information content (AvgIpc) is 3.76. The molecule has 1 aliphatic carbocycles. The Hall–Kier alpha value is -4.33. The third-order valence-electron chi connectivity index (χ3n) is 6.91. The van der Waals surface area contributed by atoms with E-state index in [1.165, 1.54) is 11.1 Å². The Morgan fingerprint density at radius 2 is 1.48 bits per heavy atom. The highest BCUT2D eigenvalue weighted by Crippen LogP contribution is 2.41. The topological polar surface area (TPSA) is 105 Å². The van der Waals surface area contributed by atoms with Gasteiger partial charge < -0.3 is 26.4 Å². The lowest BCUT2D eigenvalue weighted by Crippen LogP contribution is -2.23. The summed E-state index contributed by atoms with van der Waals surface area (Å²) in [5, 5.41) is 9.89. The quantitative estimate of drug-likeness (QED) is 0.173. The minimum Gasteiger partial charge on any atom is -0.445 e. The Morgan fingerprint density at radius 1 is 0.825 bits per heavy atom. The van der Waals surface area contributed by atoms with Crippen molar-refractivity contribution in [1.29, 1.82) is 0 Å². The molecular weight excluding hydrogens is 524 g/mol. The van der Waals surface area contributed by atoms with Gasteiger partial charge in [-0.1, -0.05) is 72.3 Å². The van der Waals surface area contributed by atoms with Crippen molar-refractivity contribution in [3.63, 3.8) is 0 Å². The molecule has 0 aliphatic heterocycles. The molecule has 0 saturated heterocycles. The van der Waals surface area contributed by atoms with Crippen molar-refractivity contribution in [3.8, 4) is 0 Å². The van der Waals surface area contributed by atoms with E-state index in [-0.39, 0.29) is 19.1 Å². The normalized spacial score (nSPS) is 15.7. The van der Waals surface area contributed by atoms with Gasteiger partial charge in [0.05, 0.1) is 11.4 Å². The number of nitrogen functional groups attached to an aromatic ring is 1. The lowest BCUT2D eigenvalue weighted by Gasteiger charge is -2.10. The maximum atomic E-state index is 12.5. The number of rotatable bonds is 10. The summed E-state index contributed by atoms with van der Waals surface area (Å²) in [6.45, 7) is 1.30. The maximum absolute atomic E-state index is 12.5. The lowest BCUT2D eigenvalue weighted by molar-refractivity contribution is 0.102. The monoisotopic (exact) mass is 554 g/mol. The third-order valence-corrected chi connectivity index (χ3v) is 7.16. The second-order valence-corrected chi connectivity index (χ2v) is 10.3. The molecule has 0 radical (unpaired) electrons. The van der Waals surface area contributed by atoms with Crippen LogP contribution >= 0.6 is 11.6 Å². The Labute approximate surface area is 238 Å². The molecule has 0 aromatic heterocycles. The van der Waals surface area contributed by atoms with Crippen LogP contribution in [-0.2, 0) is 24.4 Å². The first-order chi connectivity index (χ1) is 19.4. The van der Waals surface area contributed by atoms with Crippen molar-refractivity contribution in [3.05, 3.63) is 130 Å². The van der Waals surface area contributed by atoms with Gasteiger partial charge in [0.1, 0.15) is 6.61 Å². The Balaban J connectivity index is 1.01. The van der Waals surface area contributed by atoms with Gasteiger partial charge in [0, 0.05) is 35.6 Å². The first-order valence-electron chi connectivity index (χ1n) is 13.2. The SMILES string of the molecule is Nc1ccccc1NC(=O)c1ccc(CNC(=O)OCc2ccc(C3C[C@@H]3NCc3ccc(Cl)cc3)cc2)cc1. The molecule has 8 heteroatoms. The average molecular weight is 555 g/mol. The molecule has 1 saturated carbocycles. The van der Waals surface area contributed by atoms with Crippen LogP contribution in [-0.4, -0.2) is 18.0 Å². The number of benzene rings is 4. The van der Waals surface area contributed by atoms with Gasteiger partial charge >= 0.3 is 6.09 Å². The number of para-hydroxylation sites is 2. The maximum Gasteiger partial charge on any atom is 0.407 e. The van der Waals surface area contributed by atoms with Gasteiger partial charge in [-0.3, -0.25) is 4.79 Å². The van der Waals surface area contributed by atoms with E-state index in [2.05, 4.69) is 28.1 Å². The van der Waals surface area contributed by atoms with Gasteiger partial charge in [0.25, 0.3) is 5.91 Å². The van der Waals surface area contributed by atoms with Gasteiger partial charge in [-0.2, -0.15) is 0 Å². The van der Waals surface area contributed by atoms with Crippen LogP contribution < -0.4 is 21.7 Å². The fourth-order valence-corrected chi connectivity index (χ4v) is 4.58. The predicted molar refractivity (Wildman–Crippen MR) is 158 cm³/mol. The number of ether oxygens (including phenoxy) is 1. The van der Waals surface area contributed by atoms with Gasteiger partial charge in [-0.05, 0) is 65.1 Å². The van der Waals surface area contributed by atoms with Crippen LogP contribution in [0.5, 0.6) is 0 Å². The largest absolute Gasteiger partial charge is 0.445 e. The predicted octanol–water partition coefficient (Wildman–Crippen LogP) is 6.25. The van der Waals surface area contributed by atoms with Crippen LogP contribution in [0.2, 0.25) is 5.02 Å². The molecule has 5 rings (SSSR count). The number of nitrogens with two attached hydrogens (primary N) is 1. The van der Waals surface area contributed by atoms with E-state index in [0.29, 0.717) is 28.9 Å². The third kappa shape index (κ3) is 7.40. The van der Waals surface area contributed by atoms with E-state index >= 15 is 0 Å². The number of alkyl carbamates (subject to hydrolysis) is 1. The number of halogens is 1. The molecule has 1 aliphatic rings. The fourth-order valence-electron chi connectivity index (χ4n) is 4.45. The van der Waals surface area contributed by atoms with Crippen LogP contribution in [0, 0.1) is 0 Å². The molecule has 0 bridgehead atoms. The van der Waals surface area contributed by atoms with Crippen molar-refractivity contribution in [2.45, 2.75) is 38.1 Å². The second-order valence-electron chi connectivity index (χ2n) is 9.87. The van der Waals surface area contributed by atoms with Crippen LogP contribution in [0.25, 0.3) is 0 Å². The first kappa shape index (κ1) is 27.2. The summed E-state index contributed by atoms with van der Waals surface area (Å²) >= 11 is 5.95. The molecule has 0 spiro atoms. The van der Waals surface area contributed by atoms with E-state index in [0.717, 1.165) is 29.1 Å². The zero-order chi connectivity index (χ0) is 27.9. The summed E-state index contributed by atoms with van der Waals surface area (Å²) in [5.74, 6) is 0.244. The summed E-state index contributed by atoms with van der Waals surface area (Å²) in [4.78, 5) is 24.7. The standard InChI is InChI=1S/C32H31ClN4O3/c33-26-15-9-22(10-16-26)18-35-30-17-27(30)24-11-7-23(8-12-24)20-40-32(39)36-19-21-5-13-25(14-6-21)31(38)37-29-4-2-1-3-28(29)34/h1-16,27,30,35H,17-20,34H2,(H,36,39)(H,37,38)/t27?,30-/m0/s1. The zero-order valence-electron chi connectivity index (χ0n) is 21.9. The first-order valence-corrected chi connectivity index (χ1v) is 13.5. The number of amides is 2. The molecular formula is C32H31ClN4O3. The highest BCUT2D eigenvalue weighted by molar-refractivity contribution is 6.30. The molecule has 4 aromatic rings. The van der Waals surface area contributed by atoms with Gasteiger partial charge in [0.15, 0.2) is 0 Å². The van der Waals surface area contributed by atoms with Crippen LogP contribution in [0.4, 0.5) is 16.2 Å². The second kappa shape index (κ2) is 12.7. The van der Waals surface area contributed by atoms with Crippen molar-refractivity contribution in [1.82, 2.24) is 10.6 Å². The molecule has 0 heterocycles. The molecule has 1 fully saturated rings. The lowest BCUT2D eigenvalue weighted by atomic mass is 10.1. The highest BCUT2D eigenvalue weighted by Gasteiger charge is 2.37. The Bertz CT molecular complexity index is 1460. The number of carbonyl (C=O) groups excluding carboxylic acids is 2. The smallest absolute Gasteiger partial charge is 0.407 e. The highest BCUT2D eigenvalue weighted by atomic mass is 35.5. The van der Waals surface area contributed by atoms with Gasteiger partial charge in [-0.15, -0.1) is 0 Å². The van der Waals surface area contributed by atoms with Crippen LogP contribution in [0.3, 0.4) is 0 Å². The van der Waals surface area contributed by atoms with Gasteiger partial charge in [0.2, 0.25) is 0 Å². The number of hydrogen-bond acceptors (Lipinski definition) is 5. The summed E-state index contributed by atoms with van der Waals surface area (Å²) in [6, 6.07) is 30.7. The zero-order valence-corrected chi connectivity index (χ0v) is 22.7. The fraction of sp³-hybridized carbons (Fsp3) is 0.188. The molecule has 4 aromatic carbocycles. The van der Waals surface area contributed by atoms with Crippen LogP contribution in [0.15, 0.2) is 97.1 Å². The summed E-state index contributed by atoms with van der Waals surface area (Å²) < 4.78 is 5.37. The van der Waals surface area contributed by atoms with E-state index in [1.807, 2.05) is 42.5 Å². The van der Waals surface area contributed by atoms with Crippen molar-refractivity contribution in [2.24, 2.45) is 0 Å². The molecule has 40 heavy (non-hydrogen) atoms. The minimum absolute atomic E-state index is 0.191. The van der Waals surface area contributed by atoms with Crippen molar-refractivity contribution >= 4 is 35.0 Å². The number of nitrogens with one attached hydrogen (secondary N) is 3. The van der Waals surface area contributed by atoms with E-state index in [4.69, 9.17) is 22.1 Å². The van der Waals surface area contributed by atoms with Gasteiger partial charge in [-0.25, -0.2) is 4.79 Å². The molecule has 5 N–H and O–H groups in total. The van der Waals surface area contributed by atoms with E-state index in [9.17, 15) is 9.59 Å². The molecule has 1 unspecified atom stereocenters. The van der Waals surface area contributed by atoms with Crippen molar-refractivity contribution in [2.75, 3.05) is 11.1 Å². The number of hydrogen-bond donors (Lipinski definition) is 4. The number of carbonyl (C=O) groups is 2. The molecule has 2 atom stereocenters. The van der Waals surface area contributed by atoms with Crippen LogP contribution in [0.1, 0.15) is 45.0 Å². The summed E-state index contributed by atoms with van der Waals surface area (Å²) in [6.07, 6.45) is 0.609. The minimum atomic E-state index is -0.501. The summed E-state index contributed by atoms with van der Waals surface area (Å²) in [7, 11) is 0. The molecule has 7 nitrogen and oxygen atoms in total. The van der Waals surface area contributed by atoms with Crippen molar-refractivity contribution < 1.29 is 14.3 Å². The molecule has 204 valence electrons. The Morgan fingerprint density at radius 3 is 2.20 bits per heavy atom.